The molecule has 0 aliphatic heterocycles. The van der Waals surface area contributed by atoms with Crippen LogP contribution in [0.4, 0.5) is 0 Å². The topological polar surface area (TPSA) is 95.2 Å². The fourth-order valence-electron chi connectivity index (χ4n) is 1.91. The summed E-state index contributed by atoms with van der Waals surface area (Å²) in [6.07, 6.45) is 0. The molecule has 1 aromatic heterocycles. The number of hydrogen-bond acceptors (Lipinski definition) is 3. The van der Waals surface area contributed by atoms with Gasteiger partial charge in [0.1, 0.15) is 11.4 Å². The molecule has 0 aliphatic rings. The summed E-state index contributed by atoms with van der Waals surface area (Å²) in [4.78, 5) is 16.2. The lowest BCUT2D eigenvalue weighted by atomic mass is 10.1. The average molecular weight is 260 g/mol. The van der Waals surface area contributed by atoms with Gasteiger partial charge in [-0.25, -0.2) is 0 Å². The molecule has 0 saturated heterocycles. The Hall–Kier alpha value is -2.50. The van der Waals surface area contributed by atoms with Crippen LogP contribution in [0.2, 0.25) is 0 Å². The SMILES string of the molecule is COc1ccc(C)c2cc(C(=O)N(C)C(=N)N)[nH]c12. The Morgan fingerprint density at radius 3 is 2.74 bits per heavy atom. The number of carbonyl (C=O) groups is 1. The number of ether oxygens (including phenoxy) is 1. The average Bonchev–Trinajstić information content (AvgIpc) is 2.83. The molecule has 0 saturated carbocycles. The van der Waals surface area contributed by atoms with Gasteiger partial charge in [0.25, 0.3) is 5.91 Å². The van der Waals surface area contributed by atoms with Gasteiger partial charge in [-0.2, -0.15) is 0 Å². The first kappa shape index (κ1) is 12.9. The van der Waals surface area contributed by atoms with E-state index in [-0.39, 0.29) is 11.9 Å². The maximum Gasteiger partial charge on any atom is 0.276 e. The van der Waals surface area contributed by atoms with Crippen molar-refractivity contribution in [1.82, 2.24) is 9.88 Å². The second kappa shape index (κ2) is 4.64. The Balaban J connectivity index is 2.55. The van der Waals surface area contributed by atoms with Gasteiger partial charge in [-0.3, -0.25) is 15.1 Å². The highest BCUT2D eigenvalue weighted by Gasteiger charge is 2.18. The second-order valence-corrected chi connectivity index (χ2v) is 4.31. The summed E-state index contributed by atoms with van der Waals surface area (Å²) in [7, 11) is 3.04. The van der Waals surface area contributed by atoms with Crippen LogP contribution in [0, 0.1) is 12.3 Å². The molecule has 1 aromatic carbocycles. The third-order valence-electron chi connectivity index (χ3n) is 3.09. The maximum absolute atomic E-state index is 12.1. The van der Waals surface area contributed by atoms with Gasteiger partial charge in [0.2, 0.25) is 0 Å². The molecule has 6 nitrogen and oxygen atoms in total. The normalized spacial score (nSPS) is 10.5. The number of aryl methyl sites for hydroxylation is 1. The molecule has 4 N–H and O–H groups in total. The van der Waals surface area contributed by atoms with Crippen LogP contribution >= 0.6 is 0 Å². The lowest BCUT2D eigenvalue weighted by Gasteiger charge is -2.12. The fraction of sp³-hybridized carbons (Fsp3) is 0.231. The molecule has 0 bridgehead atoms. The molecule has 2 aromatic rings. The summed E-state index contributed by atoms with van der Waals surface area (Å²) in [5.41, 5.74) is 7.48. The predicted octanol–water partition coefficient (Wildman–Crippen LogP) is 1.45. The number of fused-ring (bicyclic) bond motifs is 1. The number of nitrogens with one attached hydrogen (secondary N) is 2. The van der Waals surface area contributed by atoms with Crippen LogP contribution < -0.4 is 10.5 Å². The van der Waals surface area contributed by atoms with Gasteiger partial charge >= 0.3 is 0 Å². The van der Waals surface area contributed by atoms with Gasteiger partial charge in [-0.05, 0) is 24.6 Å². The van der Waals surface area contributed by atoms with Gasteiger partial charge in [0.15, 0.2) is 5.96 Å². The van der Waals surface area contributed by atoms with Crippen molar-refractivity contribution in [2.45, 2.75) is 6.92 Å². The third kappa shape index (κ3) is 2.12. The minimum Gasteiger partial charge on any atom is -0.495 e. The summed E-state index contributed by atoms with van der Waals surface area (Å²) < 4.78 is 5.26. The van der Waals surface area contributed by atoms with Crippen molar-refractivity contribution in [1.29, 1.82) is 5.41 Å². The minimum absolute atomic E-state index is 0.299. The second-order valence-electron chi connectivity index (χ2n) is 4.31. The molecule has 2 rings (SSSR count). The number of methoxy groups -OCH3 is 1. The van der Waals surface area contributed by atoms with E-state index in [0.717, 1.165) is 21.4 Å². The van der Waals surface area contributed by atoms with Crippen LogP contribution in [0.1, 0.15) is 16.1 Å². The van der Waals surface area contributed by atoms with Crippen molar-refractivity contribution < 1.29 is 9.53 Å². The molecule has 0 aliphatic carbocycles. The molecule has 19 heavy (non-hydrogen) atoms. The Bertz CT molecular complexity index is 660. The monoisotopic (exact) mass is 260 g/mol. The van der Waals surface area contributed by atoms with E-state index in [4.69, 9.17) is 15.9 Å². The lowest BCUT2D eigenvalue weighted by molar-refractivity contribution is 0.0864. The van der Waals surface area contributed by atoms with Crippen LogP contribution in [-0.2, 0) is 0 Å². The van der Waals surface area contributed by atoms with Crippen molar-refractivity contribution in [2.75, 3.05) is 14.2 Å². The van der Waals surface area contributed by atoms with E-state index in [1.54, 1.807) is 13.2 Å². The van der Waals surface area contributed by atoms with Crippen molar-refractivity contribution in [3.63, 3.8) is 0 Å². The number of benzene rings is 1. The standard InChI is InChI=1S/C13H16N4O2/c1-7-4-5-10(19-3)11-8(7)6-9(16-11)12(18)17(2)13(14)15/h4-6,16H,1-3H3,(H3,14,15). The van der Waals surface area contributed by atoms with Gasteiger partial charge in [-0.1, -0.05) is 6.07 Å². The smallest absolute Gasteiger partial charge is 0.276 e. The highest BCUT2D eigenvalue weighted by Crippen LogP contribution is 2.28. The number of aromatic amines is 1. The van der Waals surface area contributed by atoms with Crippen LogP contribution in [0.5, 0.6) is 5.75 Å². The largest absolute Gasteiger partial charge is 0.495 e. The van der Waals surface area contributed by atoms with Gasteiger partial charge in [0.05, 0.1) is 12.6 Å². The van der Waals surface area contributed by atoms with Crippen LogP contribution in [0.3, 0.4) is 0 Å². The third-order valence-corrected chi connectivity index (χ3v) is 3.09. The van der Waals surface area contributed by atoms with E-state index in [1.165, 1.54) is 7.05 Å². The predicted molar refractivity (Wildman–Crippen MR) is 73.6 cm³/mol. The Morgan fingerprint density at radius 2 is 2.16 bits per heavy atom. The number of carbonyl (C=O) groups excluding carboxylic acids is 1. The van der Waals surface area contributed by atoms with E-state index in [9.17, 15) is 4.79 Å². The first-order valence-electron chi connectivity index (χ1n) is 5.74. The van der Waals surface area contributed by atoms with E-state index < -0.39 is 0 Å². The molecular weight excluding hydrogens is 244 g/mol. The number of guanidine groups is 1. The van der Waals surface area contributed by atoms with E-state index in [0.29, 0.717) is 11.4 Å². The molecule has 6 heteroatoms. The van der Waals surface area contributed by atoms with E-state index in [2.05, 4.69) is 4.98 Å². The molecule has 0 atom stereocenters. The van der Waals surface area contributed by atoms with Crippen molar-refractivity contribution in [3.05, 3.63) is 29.5 Å². The first-order chi connectivity index (χ1) is 8.95. The number of rotatable bonds is 2. The maximum atomic E-state index is 12.1. The zero-order valence-corrected chi connectivity index (χ0v) is 11.1. The summed E-state index contributed by atoms with van der Waals surface area (Å²) in [5, 5.41) is 8.20. The Labute approximate surface area is 110 Å². The number of aromatic nitrogens is 1. The number of nitrogens with zero attached hydrogens (tertiary/aromatic N) is 1. The molecule has 0 unspecified atom stereocenters. The number of hydrogen-bond donors (Lipinski definition) is 3. The minimum atomic E-state index is -0.356. The molecule has 0 fully saturated rings. The number of nitrogens with two attached hydrogens (primary N) is 1. The lowest BCUT2D eigenvalue weighted by Crippen LogP contribution is -2.38. The highest BCUT2D eigenvalue weighted by molar-refractivity contribution is 6.06. The first-order valence-corrected chi connectivity index (χ1v) is 5.74. The van der Waals surface area contributed by atoms with Crippen LogP contribution in [-0.4, -0.2) is 35.9 Å². The fourth-order valence-corrected chi connectivity index (χ4v) is 1.91. The zero-order valence-electron chi connectivity index (χ0n) is 11.1. The van der Waals surface area contributed by atoms with Crippen LogP contribution in [0.25, 0.3) is 10.9 Å². The molecule has 0 radical (unpaired) electrons. The van der Waals surface area contributed by atoms with Crippen LogP contribution in [0.15, 0.2) is 18.2 Å². The summed E-state index contributed by atoms with van der Waals surface area (Å²) in [5.74, 6) is 0.0163. The van der Waals surface area contributed by atoms with Gasteiger partial charge in [-0.15, -0.1) is 0 Å². The Kier molecular flexibility index (Phi) is 3.16. The Morgan fingerprint density at radius 1 is 1.47 bits per heavy atom. The van der Waals surface area contributed by atoms with Crippen molar-refractivity contribution >= 4 is 22.8 Å². The van der Waals surface area contributed by atoms with Gasteiger partial charge < -0.3 is 15.5 Å². The summed E-state index contributed by atoms with van der Waals surface area (Å²) in [6, 6.07) is 5.52. The van der Waals surface area contributed by atoms with E-state index in [1.807, 2.05) is 19.1 Å². The van der Waals surface area contributed by atoms with Crippen molar-refractivity contribution in [3.8, 4) is 5.75 Å². The molecule has 100 valence electrons. The summed E-state index contributed by atoms with van der Waals surface area (Å²) >= 11 is 0. The molecular formula is C13H16N4O2. The molecule has 1 amide bonds. The number of amides is 1. The number of H-pyrrole nitrogens is 1. The van der Waals surface area contributed by atoms with Crippen molar-refractivity contribution in [2.24, 2.45) is 5.73 Å². The molecule has 1 heterocycles. The zero-order chi connectivity index (χ0) is 14.2. The van der Waals surface area contributed by atoms with Gasteiger partial charge in [0, 0.05) is 12.4 Å². The highest BCUT2D eigenvalue weighted by atomic mass is 16.5. The van der Waals surface area contributed by atoms with E-state index >= 15 is 0 Å². The quantitative estimate of drug-likeness (QED) is 0.563. The molecule has 0 spiro atoms. The summed E-state index contributed by atoms with van der Waals surface area (Å²) in [6.45, 7) is 1.96.